The van der Waals surface area contributed by atoms with Gasteiger partial charge >= 0.3 is 0 Å². The second-order valence-electron chi connectivity index (χ2n) is 5.69. The zero-order valence-corrected chi connectivity index (χ0v) is 12.5. The van der Waals surface area contributed by atoms with E-state index in [-0.39, 0.29) is 0 Å². The van der Waals surface area contributed by atoms with Gasteiger partial charge in [0.05, 0.1) is 13.2 Å². The first-order chi connectivity index (χ1) is 10.4. The van der Waals surface area contributed by atoms with Crippen LogP contribution in [-0.2, 0) is 24.1 Å². The van der Waals surface area contributed by atoms with Crippen molar-refractivity contribution in [1.82, 2.24) is 4.90 Å². The highest BCUT2D eigenvalue weighted by atomic mass is 16.5. The lowest BCUT2D eigenvalue weighted by Crippen LogP contribution is -2.35. The van der Waals surface area contributed by atoms with E-state index in [0.717, 1.165) is 45.7 Å². The maximum Gasteiger partial charge on any atom is 0.0594 e. The van der Waals surface area contributed by atoms with Crippen LogP contribution in [0.1, 0.15) is 16.7 Å². The van der Waals surface area contributed by atoms with Gasteiger partial charge in [-0.05, 0) is 29.5 Å². The molecule has 1 saturated heterocycles. The molecule has 0 radical (unpaired) electrons. The molecule has 3 rings (SSSR count). The van der Waals surface area contributed by atoms with Gasteiger partial charge in [-0.3, -0.25) is 4.90 Å². The van der Waals surface area contributed by atoms with Crippen LogP contribution in [0, 0.1) is 0 Å². The van der Waals surface area contributed by atoms with Crippen LogP contribution in [0.25, 0.3) is 0 Å². The summed E-state index contributed by atoms with van der Waals surface area (Å²) in [7, 11) is 0. The van der Waals surface area contributed by atoms with E-state index in [1.165, 1.54) is 16.7 Å². The van der Waals surface area contributed by atoms with E-state index in [2.05, 4.69) is 59.5 Å². The fraction of sp³-hybridized carbons (Fsp3) is 0.368. The van der Waals surface area contributed by atoms with Gasteiger partial charge in [0, 0.05) is 19.6 Å². The predicted molar refractivity (Wildman–Crippen MR) is 86.4 cm³/mol. The number of nitrogens with zero attached hydrogens (tertiary/aromatic N) is 1. The summed E-state index contributed by atoms with van der Waals surface area (Å²) in [6, 6.07) is 19.7. The molecular formula is C19H23NO. The minimum Gasteiger partial charge on any atom is -0.379 e. The van der Waals surface area contributed by atoms with Gasteiger partial charge < -0.3 is 4.74 Å². The Labute approximate surface area is 127 Å². The third-order valence-corrected chi connectivity index (χ3v) is 4.05. The Morgan fingerprint density at radius 1 is 0.762 bits per heavy atom. The highest BCUT2D eigenvalue weighted by Gasteiger charge is 2.10. The quantitative estimate of drug-likeness (QED) is 0.834. The zero-order valence-electron chi connectivity index (χ0n) is 12.5. The Morgan fingerprint density at radius 2 is 1.43 bits per heavy atom. The minimum atomic E-state index is 0.869. The molecule has 0 amide bonds. The maximum absolute atomic E-state index is 5.41. The number of aryl methyl sites for hydroxylation is 2. The predicted octanol–water partition coefficient (Wildman–Crippen LogP) is 3.30. The fourth-order valence-electron chi connectivity index (χ4n) is 2.83. The molecule has 110 valence electrons. The summed E-state index contributed by atoms with van der Waals surface area (Å²) in [5, 5.41) is 0. The molecule has 2 heteroatoms. The van der Waals surface area contributed by atoms with Crippen LogP contribution in [-0.4, -0.2) is 31.2 Å². The first-order valence-corrected chi connectivity index (χ1v) is 7.82. The molecule has 1 heterocycles. The van der Waals surface area contributed by atoms with Crippen molar-refractivity contribution in [1.29, 1.82) is 0 Å². The molecule has 0 aromatic heterocycles. The van der Waals surface area contributed by atoms with E-state index in [0.29, 0.717) is 0 Å². The highest BCUT2D eigenvalue weighted by molar-refractivity contribution is 5.25. The van der Waals surface area contributed by atoms with Crippen molar-refractivity contribution >= 4 is 0 Å². The normalized spacial score (nSPS) is 16.0. The van der Waals surface area contributed by atoms with E-state index in [9.17, 15) is 0 Å². The molecule has 2 nitrogen and oxygen atoms in total. The molecule has 0 spiro atoms. The molecule has 2 aromatic carbocycles. The Kier molecular flexibility index (Phi) is 5.03. The van der Waals surface area contributed by atoms with Crippen molar-refractivity contribution in [3.05, 3.63) is 71.3 Å². The van der Waals surface area contributed by atoms with Crippen LogP contribution in [0.15, 0.2) is 54.6 Å². The van der Waals surface area contributed by atoms with Gasteiger partial charge in [0.2, 0.25) is 0 Å². The molecule has 21 heavy (non-hydrogen) atoms. The number of rotatable bonds is 5. The van der Waals surface area contributed by atoms with Gasteiger partial charge in [-0.2, -0.15) is 0 Å². The molecule has 0 saturated carbocycles. The van der Waals surface area contributed by atoms with Crippen LogP contribution < -0.4 is 0 Å². The highest BCUT2D eigenvalue weighted by Crippen LogP contribution is 2.12. The number of hydrogen-bond acceptors (Lipinski definition) is 2. The van der Waals surface area contributed by atoms with Gasteiger partial charge in [0.15, 0.2) is 0 Å². The summed E-state index contributed by atoms with van der Waals surface area (Å²) < 4.78 is 5.41. The average molecular weight is 281 g/mol. The van der Waals surface area contributed by atoms with Gasteiger partial charge in [-0.25, -0.2) is 0 Å². The standard InChI is InChI=1S/C19H23NO/c1-2-5-17(6-3-1)9-10-18-7-4-8-19(15-18)16-20-11-13-21-14-12-20/h1-8,15H,9-14,16H2. The molecule has 0 bridgehead atoms. The Bertz CT molecular complexity index is 547. The first-order valence-electron chi connectivity index (χ1n) is 7.82. The van der Waals surface area contributed by atoms with E-state index >= 15 is 0 Å². The third kappa shape index (κ3) is 4.42. The van der Waals surface area contributed by atoms with E-state index < -0.39 is 0 Å². The molecular weight excluding hydrogens is 258 g/mol. The largest absolute Gasteiger partial charge is 0.379 e. The lowest BCUT2D eigenvalue weighted by atomic mass is 10.0. The lowest BCUT2D eigenvalue weighted by molar-refractivity contribution is 0.0342. The zero-order chi connectivity index (χ0) is 14.3. The molecule has 0 aliphatic carbocycles. The van der Waals surface area contributed by atoms with Crippen LogP contribution in [0.3, 0.4) is 0 Å². The summed E-state index contributed by atoms with van der Waals surface area (Å²) in [4.78, 5) is 2.47. The van der Waals surface area contributed by atoms with Gasteiger partial charge in [-0.15, -0.1) is 0 Å². The summed E-state index contributed by atoms with van der Waals surface area (Å²) in [5.41, 5.74) is 4.27. The molecule has 0 unspecified atom stereocenters. The molecule has 0 N–H and O–H groups in total. The first kappa shape index (κ1) is 14.3. The van der Waals surface area contributed by atoms with Crippen molar-refractivity contribution in [3.63, 3.8) is 0 Å². The van der Waals surface area contributed by atoms with E-state index in [1.54, 1.807) is 0 Å². The van der Waals surface area contributed by atoms with Crippen molar-refractivity contribution < 1.29 is 4.74 Å². The summed E-state index contributed by atoms with van der Waals surface area (Å²) in [6.45, 7) is 4.88. The van der Waals surface area contributed by atoms with Crippen LogP contribution >= 0.6 is 0 Å². The summed E-state index contributed by atoms with van der Waals surface area (Å²) in [5.74, 6) is 0. The van der Waals surface area contributed by atoms with Crippen LogP contribution in [0.5, 0.6) is 0 Å². The molecule has 1 fully saturated rings. The molecule has 1 aliphatic rings. The van der Waals surface area contributed by atoms with E-state index in [1.807, 2.05) is 0 Å². The van der Waals surface area contributed by atoms with Gasteiger partial charge in [0.25, 0.3) is 0 Å². The van der Waals surface area contributed by atoms with Crippen molar-refractivity contribution in [2.24, 2.45) is 0 Å². The Hall–Kier alpha value is -1.64. The topological polar surface area (TPSA) is 12.5 Å². The lowest BCUT2D eigenvalue weighted by Gasteiger charge is -2.26. The van der Waals surface area contributed by atoms with Gasteiger partial charge in [-0.1, -0.05) is 54.6 Å². The summed E-state index contributed by atoms with van der Waals surface area (Å²) in [6.07, 6.45) is 2.23. The van der Waals surface area contributed by atoms with Crippen LogP contribution in [0.2, 0.25) is 0 Å². The Morgan fingerprint density at radius 3 is 2.24 bits per heavy atom. The van der Waals surface area contributed by atoms with Gasteiger partial charge in [0.1, 0.15) is 0 Å². The van der Waals surface area contributed by atoms with Crippen LogP contribution in [0.4, 0.5) is 0 Å². The second kappa shape index (κ2) is 7.39. The summed E-state index contributed by atoms with van der Waals surface area (Å²) >= 11 is 0. The molecule has 0 atom stereocenters. The SMILES string of the molecule is c1ccc(CCc2cccc(CN3CCOCC3)c2)cc1. The minimum absolute atomic E-state index is 0.869. The van der Waals surface area contributed by atoms with Crippen molar-refractivity contribution in [3.8, 4) is 0 Å². The Balaban J connectivity index is 1.57. The monoisotopic (exact) mass is 281 g/mol. The smallest absolute Gasteiger partial charge is 0.0594 e. The molecule has 1 aliphatic heterocycles. The maximum atomic E-state index is 5.41. The number of ether oxygens (including phenoxy) is 1. The third-order valence-electron chi connectivity index (χ3n) is 4.05. The average Bonchev–Trinajstić information content (AvgIpc) is 2.55. The van der Waals surface area contributed by atoms with E-state index in [4.69, 9.17) is 4.74 Å². The number of hydrogen-bond donors (Lipinski definition) is 0. The number of benzene rings is 2. The fourth-order valence-corrected chi connectivity index (χ4v) is 2.83. The second-order valence-corrected chi connectivity index (χ2v) is 5.69. The molecule has 2 aromatic rings. The number of morpholine rings is 1. The van der Waals surface area contributed by atoms with Crippen molar-refractivity contribution in [2.75, 3.05) is 26.3 Å². The van der Waals surface area contributed by atoms with Crippen molar-refractivity contribution in [2.45, 2.75) is 19.4 Å².